The van der Waals surface area contributed by atoms with Crippen LogP contribution in [0.4, 0.5) is 0 Å². The van der Waals surface area contributed by atoms with Gasteiger partial charge in [-0.2, -0.15) is 9.97 Å². The van der Waals surface area contributed by atoms with E-state index in [1.165, 1.54) is 12.8 Å². The minimum atomic E-state index is -0.153. The van der Waals surface area contributed by atoms with Crippen molar-refractivity contribution in [2.45, 2.75) is 64.1 Å². The molecule has 2 aromatic heterocycles. The zero-order valence-electron chi connectivity index (χ0n) is 14.1. The summed E-state index contributed by atoms with van der Waals surface area (Å²) in [5, 5.41) is 8.22. The number of aromatic nitrogens is 4. The van der Waals surface area contributed by atoms with E-state index >= 15 is 0 Å². The van der Waals surface area contributed by atoms with Gasteiger partial charge in [0.25, 0.3) is 0 Å². The molecule has 3 heterocycles. The van der Waals surface area contributed by atoms with Crippen molar-refractivity contribution in [1.29, 1.82) is 0 Å². The van der Waals surface area contributed by atoms with Gasteiger partial charge in [-0.15, -0.1) is 0 Å². The maximum absolute atomic E-state index is 5.50. The second-order valence-corrected chi connectivity index (χ2v) is 6.54. The number of rotatable bonds is 7. The van der Waals surface area contributed by atoms with Gasteiger partial charge in [0.05, 0.1) is 12.6 Å². The third kappa shape index (κ3) is 3.21. The molecule has 2 aromatic rings. The third-order valence-electron chi connectivity index (χ3n) is 4.65. The fraction of sp³-hybridized carbons (Fsp3) is 0.750. The number of likely N-dealkylation sites (tertiary alicyclic amines) is 1. The highest BCUT2D eigenvalue weighted by molar-refractivity contribution is 5.05. The van der Waals surface area contributed by atoms with Crippen LogP contribution < -0.4 is 0 Å². The van der Waals surface area contributed by atoms with E-state index < -0.39 is 0 Å². The van der Waals surface area contributed by atoms with Crippen molar-refractivity contribution in [2.24, 2.45) is 0 Å². The summed E-state index contributed by atoms with van der Waals surface area (Å²) in [5.41, 5.74) is 0. The van der Waals surface area contributed by atoms with Gasteiger partial charge in [-0.3, -0.25) is 4.90 Å². The Morgan fingerprint density at radius 3 is 2.88 bits per heavy atom. The molecule has 2 unspecified atom stereocenters. The van der Waals surface area contributed by atoms with Crippen LogP contribution in [0.3, 0.4) is 0 Å². The van der Waals surface area contributed by atoms with E-state index in [4.69, 9.17) is 13.8 Å². The topological polar surface area (TPSA) is 90.3 Å². The summed E-state index contributed by atoms with van der Waals surface area (Å²) in [5.74, 6) is 3.27. The molecule has 0 amide bonds. The number of nitrogens with zero attached hydrogens (tertiary/aromatic N) is 5. The van der Waals surface area contributed by atoms with Crippen LogP contribution in [0.2, 0.25) is 0 Å². The van der Waals surface area contributed by atoms with Gasteiger partial charge in [-0.05, 0) is 46.1 Å². The molecule has 0 radical (unpaired) electrons. The van der Waals surface area contributed by atoms with E-state index in [1.54, 1.807) is 0 Å². The zero-order valence-corrected chi connectivity index (χ0v) is 14.1. The number of hydrogen-bond donors (Lipinski definition) is 0. The van der Waals surface area contributed by atoms with Gasteiger partial charge in [-0.25, -0.2) is 0 Å². The first-order valence-corrected chi connectivity index (χ1v) is 8.76. The summed E-state index contributed by atoms with van der Waals surface area (Å²) in [7, 11) is 0. The van der Waals surface area contributed by atoms with Crippen LogP contribution in [0.25, 0.3) is 0 Å². The van der Waals surface area contributed by atoms with E-state index in [9.17, 15) is 0 Å². The molecule has 0 aromatic carbocycles. The first-order chi connectivity index (χ1) is 11.7. The standard InChI is InChI=1S/C16H23N5O3/c1-3-22-10(2)14-17-13(23-19-14)9-21-8-4-5-12(21)15-18-16(24-20-15)11-6-7-11/h10-12H,3-9H2,1-2H3. The fourth-order valence-electron chi connectivity index (χ4n) is 3.18. The lowest BCUT2D eigenvalue weighted by Crippen LogP contribution is -2.23. The maximum atomic E-state index is 5.50. The van der Waals surface area contributed by atoms with Gasteiger partial charge >= 0.3 is 0 Å². The monoisotopic (exact) mass is 333 g/mol. The molecule has 4 rings (SSSR count). The van der Waals surface area contributed by atoms with Crippen LogP contribution in [0.5, 0.6) is 0 Å². The average molecular weight is 333 g/mol. The Morgan fingerprint density at radius 1 is 1.21 bits per heavy atom. The van der Waals surface area contributed by atoms with Crippen LogP contribution in [0.1, 0.15) is 81.0 Å². The molecule has 0 spiro atoms. The summed E-state index contributed by atoms with van der Waals surface area (Å²) in [4.78, 5) is 11.3. The van der Waals surface area contributed by atoms with Gasteiger partial charge in [0.15, 0.2) is 11.6 Å². The molecule has 1 saturated carbocycles. The van der Waals surface area contributed by atoms with Crippen LogP contribution in [0.15, 0.2) is 9.05 Å². The third-order valence-corrected chi connectivity index (χ3v) is 4.65. The van der Waals surface area contributed by atoms with Gasteiger partial charge in [-0.1, -0.05) is 10.3 Å². The lowest BCUT2D eigenvalue weighted by Gasteiger charge is -2.19. The van der Waals surface area contributed by atoms with E-state index in [0.29, 0.717) is 30.8 Å². The number of hydrogen-bond acceptors (Lipinski definition) is 8. The SMILES string of the molecule is CCOC(C)c1noc(CN2CCCC2c2noc(C3CC3)n2)n1. The van der Waals surface area contributed by atoms with Gasteiger partial charge < -0.3 is 13.8 Å². The molecule has 130 valence electrons. The summed E-state index contributed by atoms with van der Waals surface area (Å²) in [6.07, 6.45) is 4.31. The molecule has 24 heavy (non-hydrogen) atoms. The van der Waals surface area contributed by atoms with Gasteiger partial charge in [0.2, 0.25) is 11.8 Å². The second-order valence-electron chi connectivity index (χ2n) is 6.54. The summed E-state index contributed by atoms with van der Waals surface area (Å²) in [6, 6.07) is 0.168. The average Bonchev–Trinajstić information content (AvgIpc) is 3.01. The van der Waals surface area contributed by atoms with E-state index in [2.05, 4.69) is 25.2 Å². The first kappa shape index (κ1) is 15.7. The van der Waals surface area contributed by atoms with E-state index in [0.717, 1.165) is 31.1 Å². The Labute approximate surface area is 140 Å². The predicted molar refractivity (Wildman–Crippen MR) is 83.0 cm³/mol. The Hall–Kier alpha value is -1.80. The highest BCUT2D eigenvalue weighted by atomic mass is 16.5. The van der Waals surface area contributed by atoms with Gasteiger partial charge in [0.1, 0.15) is 6.10 Å². The summed E-state index contributed by atoms with van der Waals surface area (Å²) in [6.45, 7) is 6.07. The van der Waals surface area contributed by atoms with Crippen LogP contribution in [0, 0.1) is 0 Å². The normalized spacial score (nSPS) is 23.0. The van der Waals surface area contributed by atoms with Crippen molar-refractivity contribution in [3.63, 3.8) is 0 Å². The number of ether oxygens (including phenoxy) is 1. The Kier molecular flexibility index (Phi) is 4.32. The lowest BCUT2D eigenvalue weighted by molar-refractivity contribution is 0.0683. The minimum absolute atomic E-state index is 0.153. The molecule has 8 nitrogen and oxygen atoms in total. The fourth-order valence-corrected chi connectivity index (χ4v) is 3.18. The highest BCUT2D eigenvalue weighted by Crippen LogP contribution is 2.40. The van der Waals surface area contributed by atoms with Crippen LogP contribution >= 0.6 is 0 Å². The molecular weight excluding hydrogens is 310 g/mol. The predicted octanol–water partition coefficient (Wildman–Crippen LogP) is 2.76. The molecule has 0 N–H and O–H groups in total. The van der Waals surface area contributed by atoms with Crippen molar-refractivity contribution in [2.75, 3.05) is 13.2 Å². The Bertz CT molecular complexity index is 681. The molecule has 1 aliphatic carbocycles. The molecular formula is C16H23N5O3. The summed E-state index contributed by atoms with van der Waals surface area (Å²) >= 11 is 0. The lowest BCUT2D eigenvalue weighted by atomic mass is 10.2. The molecule has 1 saturated heterocycles. The first-order valence-electron chi connectivity index (χ1n) is 8.76. The van der Waals surface area contributed by atoms with E-state index in [-0.39, 0.29) is 12.1 Å². The van der Waals surface area contributed by atoms with Crippen molar-refractivity contribution in [3.8, 4) is 0 Å². The van der Waals surface area contributed by atoms with Crippen LogP contribution in [-0.2, 0) is 11.3 Å². The minimum Gasteiger partial charge on any atom is -0.371 e. The van der Waals surface area contributed by atoms with Crippen molar-refractivity contribution >= 4 is 0 Å². The largest absolute Gasteiger partial charge is 0.371 e. The molecule has 2 fully saturated rings. The maximum Gasteiger partial charge on any atom is 0.240 e. The van der Waals surface area contributed by atoms with Crippen molar-refractivity contribution < 1.29 is 13.8 Å². The highest BCUT2D eigenvalue weighted by Gasteiger charge is 2.34. The Morgan fingerprint density at radius 2 is 2.08 bits per heavy atom. The molecule has 2 atom stereocenters. The van der Waals surface area contributed by atoms with Crippen molar-refractivity contribution in [1.82, 2.24) is 25.2 Å². The van der Waals surface area contributed by atoms with E-state index in [1.807, 2.05) is 13.8 Å². The summed E-state index contributed by atoms with van der Waals surface area (Å²) < 4.78 is 16.3. The second kappa shape index (κ2) is 6.60. The van der Waals surface area contributed by atoms with Crippen LogP contribution in [-0.4, -0.2) is 38.3 Å². The Balaban J connectivity index is 1.43. The quantitative estimate of drug-likeness (QED) is 0.764. The van der Waals surface area contributed by atoms with Gasteiger partial charge in [0, 0.05) is 12.5 Å². The molecule has 8 heteroatoms. The molecule has 0 bridgehead atoms. The smallest absolute Gasteiger partial charge is 0.240 e. The zero-order chi connectivity index (χ0) is 16.5. The van der Waals surface area contributed by atoms with Crippen molar-refractivity contribution in [3.05, 3.63) is 23.4 Å². The molecule has 1 aliphatic heterocycles. The molecule has 2 aliphatic rings.